The van der Waals surface area contributed by atoms with Gasteiger partial charge < -0.3 is 15.7 Å². The van der Waals surface area contributed by atoms with Gasteiger partial charge in [-0.1, -0.05) is 29.8 Å². The first-order valence-corrected chi connectivity index (χ1v) is 8.18. The summed E-state index contributed by atoms with van der Waals surface area (Å²) in [5, 5.41) is 15.4. The minimum atomic E-state index is 0.0204. The smallest absolute Gasteiger partial charge is 0.225 e. The second-order valence-corrected chi connectivity index (χ2v) is 5.70. The average Bonchev–Trinajstić information content (AvgIpc) is 2.65. The standard InChI is InChI=1S/C19H21N5O/c1-14-4-2-5-15(10-14)12-22-18-11-17(16-6-3-7-20-13-16)23-19(24-18)21-8-9-25/h2-7,10-11,13,25H,8-9,12H2,1H3,(H2,21,22,23,24). The second-order valence-electron chi connectivity index (χ2n) is 5.70. The van der Waals surface area contributed by atoms with Crippen LogP contribution in [0.4, 0.5) is 11.8 Å². The van der Waals surface area contributed by atoms with Crippen molar-refractivity contribution in [2.24, 2.45) is 0 Å². The summed E-state index contributed by atoms with van der Waals surface area (Å²) in [6, 6.07) is 14.1. The van der Waals surface area contributed by atoms with Gasteiger partial charge in [-0.2, -0.15) is 4.98 Å². The molecule has 0 aliphatic rings. The molecule has 2 aromatic heterocycles. The zero-order valence-electron chi connectivity index (χ0n) is 14.1. The summed E-state index contributed by atoms with van der Waals surface area (Å²) in [6.07, 6.45) is 3.50. The van der Waals surface area contributed by atoms with Crippen molar-refractivity contribution in [3.05, 3.63) is 66.0 Å². The molecule has 0 unspecified atom stereocenters. The van der Waals surface area contributed by atoms with Crippen LogP contribution in [0, 0.1) is 6.92 Å². The first-order chi connectivity index (χ1) is 12.2. The fourth-order valence-electron chi connectivity index (χ4n) is 2.46. The number of hydrogen-bond donors (Lipinski definition) is 3. The molecule has 0 saturated carbocycles. The van der Waals surface area contributed by atoms with Crippen LogP contribution >= 0.6 is 0 Å². The van der Waals surface area contributed by atoms with Gasteiger partial charge >= 0.3 is 0 Å². The van der Waals surface area contributed by atoms with Gasteiger partial charge in [-0.05, 0) is 24.6 Å². The number of pyridine rings is 1. The lowest BCUT2D eigenvalue weighted by Gasteiger charge is -2.11. The van der Waals surface area contributed by atoms with Crippen LogP contribution in [0.5, 0.6) is 0 Å². The number of nitrogens with zero attached hydrogens (tertiary/aromatic N) is 3. The third-order valence-corrected chi connectivity index (χ3v) is 3.63. The average molecular weight is 335 g/mol. The Balaban J connectivity index is 1.84. The minimum Gasteiger partial charge on any atom is -0.395 e. The molecule has 0 aliphatic heterocycles. The van der Waals surface area contributed by atoms with Gasteiger partial charge in [-0.15, -0.1) is 0 Å². The molecule has 1 aromatic carbocycles. The summed E-state index contributed by atoms with van der Waals surface area (Å²) in [7, 11) is 0. The summed E-state index contributed by atoms with van der Waals surface area (Å²) in [4.78, 5) is 13.1. The molecule has 0 bridgehead atoms. The Morgan fingerprint density at radius 1 is 1.04 bits per heavy atom. The molecule has 0 atom stereocenters. The minimum absolute atomic E-state index is 0.0204. The number of aryl methyl sites for hydroxylation is 1. The Hall–Kier alpha value is -2.99. The number of hydrogen-bond acceptors (Lipinski definition) is 6. The van der Waals surface area contributed by atoms with E-state index in [2.05, 4.69) is 50.7 Å². The van der Waals surface area contributed by atoms with Crippen molar-refractivity contribution in [3.63, 3.8) is 0 Å². The van der Waals surface area contributed by atoms with Crippen LogP contribution in [0.2, 0.25) is 0 Å². The van der Waals surface area contributed by atoms with Gasteiger partial charge in [0.25, 0.3) is 0 Å². The molecule has 6 nitrogen and oxygen atoms in total. The molecule has 3 aromatic rings. The highest BCUT2D eigenvalue weighted by atomic mass is 16.3. The Bertz CT molecular complexity index is 823. The third-order valence-electron chi connectivity index (χ3n) is 3.63. The summed E-state index contributed by atoms with van der Waals surface area (Å²) >= 11 is 0. The van der Waals surface area contributed by atoms with Crippen molar-refractivity contribution in [1.82, 2.24) is 15.0 Å². The Labute approximate surface area is 147 Å². The van der Waals surface area contributed by atoms with Gasteiger partial charge in [-0.3, -0.25) is 4.98 Å². The molecule has 0 fully saturated rings. The van der Waals surface area contributed by atoms with E-state index in [1.54, 1.807) is 12.4 Å². The van der Waals surface area contributed by atoms with Gasteiger partial charge in [-0.25, -0.2) is 4.98 Å². The largest absolute Gasteiger partial charge is 0.395 e. The topological polar surface area (TPSA) is 83.0 Å². The predicted molar refractivity (Wildman–Crippen MR) is 99.3 cm³/mol. The van der Waals surface area contributed by atoms with E-state index >= 15 is 0 Å². The first-order valence-electron chi connectivity index (χ1n) is 8.18. The number of rotatable bonds is 7. The highest BCUT2D eigenvalue weighted by Crippen LogP contribution is 2.21. The lowest BCUT2D eigenvalue weighted by atomic mass is 10.1. The third kappa shape index (κ3) is 4.74. The van der Waals surface area contributed by atoms with Crippen molar-refractivity contribution < 1.29 is 5.11 Å². The molecular formula is C19H21N5O. The van der Waals surface area contributed by atoms with Crippen molar-refractivity contribution >= 4 is 11.8 Å². The van der Waals surface area contributed by atoms with E-state index in [1.807, 2.05) is 24.3 Å². The van der Waals surface area contributed by atoms with Gasteiger partial charge in [0.1, 0.15) is 5.82 Å². The first kappa shape index (κ1) is 16.9. The molecule has 0 radical (unpaired) electrons. The van der Waals surface area contributed by atoms with E-state index < -0.39 is 0 Å². The Morgan fingerprint density at radius 3 is 2.72 bits per heavy atom. The number of aromatic nitrogens is 3. The number of aliphatic hydroxyl groups excluding tert-OH is 1. The molecule has 0 aliphatic carbocycles. The van der Waals surface area contributed by atoms with Crippen molar-refractivity contribution in [1.29, 1.82) is 0 Å². The SMILES string of the molecule is Cc1cccc(CNc2cc(-c3cccnc3)nc(NCCO)n2)c1. The highest BCUT2D eigenvalue weighted by molar-refractivity contribution is 5.63. The van der Waals surface area contributed by atoms with Crippen LogP contribution in [-0.4, -0.2) is 33.2 Å². The number of anilines is 2. The molecule has 3 rings (SSSR count). The lowest BCUT2D eigenvalue weighted by Crippen LogP contribution is -2.11. The van der Waals surface area contributed by atoms with Crippen LogP contribution < -0.4 is 10.6 Å². The fraction of sp³-hybridized carbons (Fsp3) is 0.211. The van der Waals surface area contributed by atoms with Gasteiger partial charge in [0.2, 0.25) is 5.95 Å². The molecule has 128 valence electrons. The zero-order valence-corrected chi connectivity index (χ0v) is 14.1. The predicted octanol–water partition coefficient (Wildman–Crippen LogP) is 2.86. The van der Waals surface area contributed by atoms with E-state index in [0.717, 1.165) is 17.1 Å². The maximum absolute atomic E-state index is 9.02. The second kappa shape index (κ2) is 8.21. The number of benzene rings is 1. The molecule has 0 saturated heterocycles. The van der Waals surface area contributed by atoms with Crippen LogP contribution in [-0.2, 0) is 6.54 Å². The summed E-state index contributed by atoms with van der Waals surface area (Å²) < 4.78 is 0. The van der Waals surface area contributed by atoms with Crippen molar-refractivity contribution in [3.8, 4) is 11.3 Å². The zero-order chi connectivity index (χ0) is 17.5. The Morgan fingerprint density at radius 2 is 1.96 bits per heavy atom. The molecule has 25 heavy (non-hydrogen) atoms. The molecule has 3 N–H and O–H groups in total. The van der Waals surface area contributed by atoms with E-state index in [9.17, 15) is 0 Å². The van der Waals surface area contributed by atoms with Crippen LogP contribution in [0.3, 0.4) is 0 Å². The van der Waals surface area contributed by atoms with Crippen LogP contribution in [0.1, 0.15) is 11.1 Å². The fourth-order valence-corrected chi connectivity index (χ4v) is 2.46. The quantitative estimate of drug-likeness (QED) is 0.616. The van der Waals surface area contributed by atoms with E-state index in [4.69, 9.17) is 5.11 Å². The molecule has 0 amide bonds. The molecule has 0 spiro atoms. The molecule has 2 heterocycles. The number of aliphatic hydroxyl groups is 1. The summed E-state index contributed by atoms with van der Waals surface area (Å²) in [5.74, 6) is 1.19. The summed E-state index contributed by atoms with van der Waals surface area (Å²) in [6.45, 7) is 3.16. The van der Waals surface area contributed by atoms with Crippen LogP contribution in [0.15, 0.2) is 54.9 Å². The molecule has 6 heteroatoms. The van der Waals surface area contributed by atoms with Crippen molar-refractivity contribution in [2.75, 3.05) is 23.8 Å². The summed E-state index contributed by atoms with van der Waals surface area (Å²) in [5.41, 5.74) is 4.10. The van der Waals surface area contributed by atoms with E-state index in [0.29, 0.717) is 19.0 Å². The van der Waals surface area contributed by atoms with Gasteiger partial charge in [0, 0.05) is 37.1 Å². The maximum atomic E-state index is 9.02. The number of nitrogens with one attached hydrogen (secondary N) is 2. The van der Waals surface area contributed by atoms with E-state index in [1.165, 1.54) is 11.1 Å². The van der Waals surface area contributed by atoms with Gasteiger partial charge in [0.05, 0.1) is 12.3 Å². The van der Waals surface area contributed by atoms with Gasteiger partial charge in [0.15, 0.2) is 0 Å². The highest BCUT2D eigenvalue weighted by Gasteiger charge is 2.07. The normalized spacial score (nSPS) is 10.5. The van der Waals surface area contributed by atoms with Crippen LogP contribution in [0.25, 0.3) is 11.3 Å². The van der Waals surface area contributed by atoms with Crippen molar-refractivity contribution in [2.45, 2.75) is 13.5 Å². The monoisotopic (exact) mass is 335 g/mol. The molecular weight excluding hydrogens is 314 g/mol. The maximum Gasteiger partial charge on any atom is 0.225 e. The Kier molecular flexibility index (Phi) is 5.53. The van der Waals surface area contributed by atoms with E-state index in [-0.39, 0.29) is 6.61 Å². The lowest BCUT2D eigenvalue weighted by molar-refractivity contribution is 0.311.